The van der Waals surface area contributed by atoms with Crippen molar-refractivity contribution in [1.82, 2.24) is 4.98 Å². The van der Waals surface area contributed by atoms with Gasteiger partial charge in [-0.1, -0.05) is 30.3 Å². The fourth-order valence-corrected chi connectivity index (χ4v) is 3.53. The van der Waals surface area contributed by atoms with Crippen LogP contribution in [0.3, 0.4) is 0 Å². The average molecular weight is 373 g/mol. The number of para-hydroxylation sites is 1. The Kier molecular flexibility index (Phi) is 5.24. The SMILES string of the molecule is COc1ccc(CC(=O)Nc2ccc(N3CCCc4ccccc43)nc2)cc1. The van der Waals surface area contributed by atoms with Crippen LogP contribution in [0.1, 0.15) is 17.5 Å². The number of amides is 1. The van der Waals surface area contributed by atoms with Crippen molar-refractivity contribution in [3.8, 4) is 5.75 Å². The van der Waals surface area contributed by atoms with E-state index in [4.69, 9.17) is 4.74 Å². The van der Waals surface area contributed by atoms with Crippen LogP contribution >= 0.6 is 0 Å². The summed E-state index contributed by atoms with van der Waals surface area (Å²) in [4.78, 5) is 19.1. The molecule has 142 valence electrons. The monoisotopic (exact) mass is 373 g/mol. The van der Waals surface area contributed by atoms with Gasteiger partial charge in [-0.15, -0.1) is 0 Å². The van der Waals surface area contributed by atoms with Gasteiger partial charge in [0.05, 0.1) is 25.4 Å². The van der Waals surface area contributed by atoms with Crippen LogP contribution in [0.15, 0.2) is 66.9 Å². The molecule has 2 aromatic carbocycles. The number of benzene rings is 2. The Morgan fingerprint density at radius 2 is 1.93 bits per heavy atom. The summed E-state index contributed by atoms with van der Waals surface area (Å²) in [5.41, 5.74) is 4.21. The molecular formula is C23H23N3O2. The fourth-order valence-electron chi connectivity index (χ4n) is 3.53. The molecule has 3 aromatic rings. The number of carbonyl (C=O) groups is 1. The van der Waals surface area contributed by atoms with E-state index in [1.807, 2.05) is 36.4 Å². The lowest BCUT2D eigenvalue weighted by molar-refractivity contribution is -0.115. The average Bonchev–Trinajstić information content (AvgIpc) is 2.74. The number of anilines is 3. The number of aromatic nitrogens is 1. The second kappa shape index (κ2) is 8.13. The Balaban J connectivity index is 1.41. The number of methoxy groups -OCH3 is 1. The number of hydrogen-bond acceptors (Lipinski definition) is 4. The van der Waals surface area contributed by atoms with E-state index >= 15 is 0 Å². The number of fused-ring (bicyclic) bond motifs is 1. The topological polar surface area (TPSA) is 54.5 Å². The zero-order chi connectivity index (χ0) is 19.3. The van der Waals surface area contributed by atoms with Crippen molar-refractivity contribution < 1.29 is 9.53 Å². The summed E-state index contributed by atoms with van der Waals surface area (Å²) in [5, 5.41) is 2.92. The van der Waals surface area contributed by atoms with E-state index in [0.717, 1.165) is 36.5 Å². The standard InChI is InChI=1S/C23H23N3O2/c1-28-20-11-8-17(9-12-20)15-23(27)25-19-10-13-22(24-16-19)26-14-4-6-18-5-2-3-7-21(18)26/h2-3,5,7-13,16H,4,6,14-15H2,1H3,(H,25,27). The number of rotatable bonds is 5. The van der Waals surface area contributed by atoms with Gasteiger partial charge < -0.3 is 15.0 Å². The van der Waals surface area contributed by atoms with E-state index in [1.54, 1.807) is 13.3 Å². The van der Waals surface area contributed by atoms with Gasteiger partial charge in [-0.05, 0) is 54.3 Å². The van der Waals surface area contributed by atoms with E-state index in [1.165, 1.54) is 11.3 Å². The maximum atomic E-state index is 12.3. The van der Waals surface area contributed by atoms with E-state index < -0.39 is 0 Å². The van der Waals surface area contributed by atoms with Crippen molar-refractivity contribution in [1.29, 1.82) is 0 Å². The minimum Gasteiger partial charge on any atom is -0.497 e. The fraction of sp³-hybridized carbons (Fsp3) is 0.217. The number of nitrogens with zero attached hydrogens (tertiary/aromatic N) is 2. The van der Waals surface area contributed by atoms with Crippen molar-refractivity contribution in [2.75, 3.05) is 23.9 Å². The molecule has 0 saturated carbocycles. The summed E-state index contributed by atoms with van der Waals surface area (Å²) in [6.45, 7) is 0.952. The molecule has 0 saturated heterocycles. The molecule has 1 N–H and O–H groups in total. The van der Waals surface area contributed by atoms with Gasteiger partial charge in [0.25, 0.3) is 0 Å². The highest BCUT2D eigenvalue weighted by atomic mass is 16.5. The van der Waals surface area contributed by atoms with Crippen LogP contribution in [-0.4, -0.2) is 24.5 Å². The van der Waals surface area contributed by atoms with Crippen molar-refractivity contribution in [3.05, 3.63) is 78.0 Å². The minimum atomic E-state index is -0.0666. The molecule has 2 heterocycles. The zero-order valence-electron chi connectivity index (χ0n) is 15.9. The number of hydrogen-bond donors (Lipinski definition) is 1. The smallest absolute Gasteiger partial charge is 0.228 e. The number of aryl methyl sites for hydroxylation is 1. The van der Waals surface area contributed by atoms with Gasteiger partial charge in [-0.25, -0.2) is 4.98 Å². The summed E-state index contributed by atoms with van der Waals surface area (Å²) < 4.78 is 5.14. The number of carbonyl (C=O) groups excluding carboxylic acids is 1. The molecule has 5 heteroatoms. The molecule has 28 heavy (non-hydrogen) atoms. The highest BCUT2D eigenvalue weighted by Gasteiger charge is 2.18. The van der Waals surface area contributed by atoms with Crippen LogP contribution < -0.4 is 15.0 Å². The maximum absolute atomic E-state index is 12.3. The molecule has 0 fully saturated rings. The minimum absolute atomic E-state index is 0.0666. The molecule has 0 aliphatic carbocycles. The van der Waals surface area contributed by atoms with Crippen molar-refractivity contribution in [2.24, 2.45) is 0 Å². The first-order chi connectivity index (χ1) is 13.7. The molecule has 1 aliphatic heterocycles. The molecule has 5 nitrogen and oxygen atoms in total. The second-order valence-corrected chi connectivity index (χ2v) is 6.86. The normalized spacial score (nSPS) is 13.0. The van der Waals surface area contributed by atoms with Crippen LogP contribution in [0.4, 0.5) is 17.2 Å². The van der Waals surface area contributed by atoms with Crippen LogP contribution in [-0.2, 0) is 17.6 Å². The third-order valence-corrected chi connectivity index (χ3v) is 4.94. The molecular weight excluding hydrogens is 350 g/mol. The first-order valence-corrected chi connectivity index (χ1v) is 9.47. The summed E-state index contributed by atoms with van der Waals surface area (Å²) in [7, 11) is 1.63. The Morgan fingerprint density at radius 3 is 2.68 bits per heavy atom. The molecule has 1 amide bonds. The quantitative estimate of drug-likeness (QED) is 0.722. The Bertz CT molecular complexity index is 952. The van der Waals surface area contributed by atoms with Gasteiger partial charge in [-0.3, -0.25) is 4.79 Å². The van der Waals surface area contributed by atoms with Gasteiger partial charge in [0.2, 0.25) is 5.91 Å². The Hall–Kier alpha value is -3.34. The van der Waals surface area contributed by atoms with Crippen LogP contribution in [0, 0.1) is 0 Å². The van der Waals surface area contributed by atoms with Gasteiger partial charge in [0, 0.05) is 12.2 Å². The number of pyridine rings is 1. The third-order valence-electron chi connectivity index (χ3n) is 4.94. The van der Waals surface area contributed by atoms with Crippen molar-refractivity contribution in [2.45, 2.75) is 19.3 Å². The molecule has 0 spiro atoms. The highest BCUT2D eigenvalue weighted by Crippen LogP contribution is 2.32. The van der Waals surface area contributed by atoms with Gasteiger partial charge in [0.1, 0.15) is 11.6 Å². The predicted octanol–water partition coefficient (Wildman–Crippen LogP) is 4.36. The summed E-state index contributed by atoms with van der Waals surface area (Å²) in [6.07, 6.45) is 4.24. The molecule has 0 atom stereocenters. The van der Waals surface area contributed by atoms with Crippen LogP contribution in [0.2, 0.25) is 0 Å². The summed E-state index contributed by atoms with van der Waals surface area (Å²) in [5.74, 6) is 1.62. The van der Waals surface area contributed by atoms with E-state index in [-0.39, 0.29) is 5.91 Å². The van der Waals surface area contributed by atoms with Crippen molar-refractivity contribution in [3.63, 3.8) is 0 Å². The van der Waals surface area contributed by atoms with Gasteiger partial charge in [-0.2, -0.15) is 0 Å². The molecule has 1 aromatic heterocycles. The Labute approximate surface area is 165 Å². The summed E-state index contributed by atoms with van der Waals surface area (Å²) in [6, 6.07) is 19.8. The first kappa shape index (κ1) is 18.0. The lowest BCUT2D eigenvalue weighted by atomic mass is 10.0. The number of nitrogens with one attached hydrogen (secondary N) is 1. The van der Waals surface area contributed by atoms with Crippen LogP contribution in [0.25, 0.3) is 0 Å². The lowest BCUT2D eigenvalue weighted by Gasteiger charge is -2.30. The number of ether oxygens (including phenoxy) is 1. The Morgan fingerprint density at radius 1 is 1.11 bits per heavy atom. The molecule has 4 rings (SSSR count). The molecule has 0 unspecified atom stereocenters. The van der Waals surface area contributed by atoms with Crippen molar-refractivity contribution >= 4 is 23.1 Å². The van der Waals surface area contributed by atoms with E-state index in [9.17, 15) is 4.79 Å². The second-order valence-electron chi connectivity index (χ2n) is 6.86. The van der Waals surface area contributed by atoms with E-state index in [0.29, 0.717) is 12.1 Å². The highest BCUT2D eigenvalue weighted by molar-refractivity contribution is 5.92. The molecule has 0 radical (unpaired) electrons. The lowest BCUT2D eigenvalue weighted by Crippen LogP contribution is -2.25. The van der Waals surface area contributed by atoms with Gasteiger partial charge >= 0.3 is 0 Å². The molecule has 1 aliphatic rings. The zero-order valence-corrected chi connectivity index (χ0v) is 15.9. The predicted molar refractivity (Wildman–Crippen MR) is 111 cm³/mol. The first-order valence-electron chi connectivity index (χ1n) is 9.47. The maximum Gasteiger partial charge on any atom is 0.228 e. The van der Waals surface area contributed by atoms with Gasteiger partial charge in [0.15, 0.2) is 0 Å². The molecule has 0 bridgehead atoms. The largest absolute Gasteiger partial charge is 0.497 e. The van der Waals surface area contributed by atoms with Crippen LogP contribution in [0.5, 0.6) is 5.75 Å². The summed E-state index contributed by atoms with van der Waals surface area (Å²) >= 11 is 0. The third kappa shape index (κ3) is 3.98. The van der Waals surface area contributed by atoms with E-state index in [2.05, 4.69) is 39.5 Å².